The molecular formula is C18H19N3O2. The summed E-state index contributed by atoms with van der Waals surface area (Å²) in [7, 11) is 1.80. The van der Waals surface area contributed by atoms with Crippen molar-refractivity contribution in [1.29, 1.82) is 0 Å². The summed E-state index contributed by atoms with van der Waals surface area (Å²) in [6.07, 6.45) is 3.00. The molecule has 3 aromatic rings. The van der Waals surface area contributed by atoms with Crippen LogP contribution in [0.3, 0.4) is 0 Å². The molecule has 1 aliphatic rings. The number of furan rings is 1. The molecule has 1 amide bonds. The van der Waals surface area contributed by atoms with Gasteiger partial charge in [-0.15, -0.1) is 0 Å². The number of nitrogens with one attached hydrogen (secondary N) is 1. The van der Waals surface area contributed by atoms with Gasteiger partial charge < -0.3 is 9.32 Å². The maximum Gasteiger partial charge on any atom is 0.274 e. The lowest BCUT2D eigenvalue weighted by Crippen LogP contribution is -2.30. The Morgan fingerprint density at radius 1 is 1.35 bits per heavy atom. The van der Waals surface area contributed by atoms with E-state index in [1.54, 1.807) is 11.9 Å². The lowest BCUT2D eigenvalue weighted by molar-refractivity contribution is 0.0720. The summed E-state index contributed by atoms with van der Waals surface area (Å²) in [5.74, 6) is 0.728. The first-order chi connectivity index (χ1) is 11.1. The number of hydrogen-bond acceptors (Lipinski definition) is 3. The van der Waals surface area contributed by atoms with E-state index >= 15 is 0 Å². The smallest absolute Gasteiger partial charge is 0.274 e. The molecule has 0 saturated heterocycles. The summed E-state index contributed by atoms with van der Waals surface area (Å²) in [6, 6.07) is 9.73. The number of H-pyrrole nitrogens is 1. The molecule has 1 unspecified atom stereocenters. The fourth-order valence-electron chi connectivity index (χ4n) is 3.24. The Hall–Kier alpha value is -2.56. The minimum Gasteiger partial charge on any atom is -0.459 e. The molecule has 0 bridgehead atoms. The molecular weight excluding hydrogens is 290 g/mol. The summed E-state index contributed by atoms with van der Waals surface area (Å²) in [6.45, 7) is 1.97. The molecule has 118 valence electrons. The van der Waals surface area contributed by atoms with Crippen LogP contribution in [-0.4, -0.2) is 28.1 Å². The van der Waals surface area contributed by atoms with Crippen molar-refractivity contribution in [2.75, 3.05) is 7.05 Å². The van der Waals surface area contributed by atoms with Gasteiger partial charge in [-0.3, -0.25) is 9.89 Å². The van der Waals surface area contributed by atoms with Gasteiger partial charge in [0.25, 0.3) is 5.91 Å². The average molecular weight is 309 g/mol. The Morgan fingerprint density at radius 2 is 2.17 bits per heavy atom. The Balaban J connectivity index is 1.62. The maximum absolute atomic E-state index is 12.8. The summed E-state index contributed by atoms with van der Waals surface area (Å²) in [4.78, 5) is 14.5. The molecule has 1 atom stereocenters. The highest BCUT2D eigenvalue weighted by atomic mass is 16.3. The van der Waals surface area contributed by atoms with Crippen LogP contribution in [0.25, 0.3) is 11.0 Å². The van der Waals surface area contributed by atoms with Crippen molar-refractivity contribution in [1.82, 2.24) is 15.1 Å². The Morgan fingerprint density at radius 3 is 3.00 bits per heavy atom. The second-order valence-electron chi connectivity index (χ2n) is 6.16. The molecule has 1 aliphatic carbocycles. The minimum atomic E-state index is -0.149. The first kappa shape index (κ1) is 14.1. The lowest BCUT2D eigenvalue weighted by atomic mass is 10.1. The third kappa shape index (κ3) is 2.23. The predicted molar refractivity (Wildman–Crippen MR) is 87.3 cm³/mol. The van der Waals surface area contributed by atoms with E-state index in [0.29, 0.717) is 5.69 Å². The zero-order valence-electron chi connectivity index (χ0n) is 13.3. The number of nitrogens with zero attached hydrogens (tertiary/aromatic N) is 2. The molecule has 2 heterocycles. The molecule has 5 heteroatoms. The number of benzene rings is 1. The number of para-hydroxylation sites is 1. The second-order valence-corrected chi connectivity index (χ2v) is 6.16. The van der Waals surface area contributed by atoms with Crippen LogP contribution >= 0.6 is 0 Å². The molecule has 0 radical (unpaired) electrons. The van der Waals surface area contributed by atoms with Crippen LogP contribution in [0.2, 0.25) is 0 Å². The zero-order valence-corrected chi connectivity index (χ0v) is 13.3. The maximum atomic E-state index is 12.8. The second kappa shape index (κ2) is 5.26. The Kier molecular flexibility index (Phi) is 3.22. The Bertz CT molecular complexity index is 844. The number of aromatic nitrogens is 2. The van der Waals surface area contributed by atoms with Crippen molar-refractivity contribution >= 4 is 16.9 Å². The van der Waals surface area contributed by atoms with Crippen LogP contribution in [0.1, 0.15) is 46.9 Å². The van der Waals surface area contributed by atoms with E-state index in [0.717, 1.165) is 47.2 Å². The van der Waals surface area contributed by atoms with Gasteiger partial charge in [0.1, 0.15) is 11.3 Å². The zero-order chi connectivity index (χ0) is 16.0. The van der Waals surface area contributed by atoms with E-state index < -0.39 is 0 Å². The normalized spacial score (nSPS) is 14.9. The van der Waals surface area contributed by atoms with Gasteiger partial charge in [-0.2, -0.15) is 5.10 Å². The first-order valence-corrected chi connectivity index (χ1v) is 7.97. The van der Waals surface area contributed by atoms with E-state index in [-0.39, 0.29) is 11.9 Å². The molecule has 0 fully saturated rings. The van der Waals surface area contributed by atoms with Crippen LogP contribution in [0, 0.1) is 0 Å². The number of fused-ring (bicyclic) bond motifs is 2. The average Bonchev–Trinajstić information content (AvgIpc) is 3.26. The van der Waals surface area contributed by atoms with Gasteiger partial charge in [-0.05, 0) is 38.3 Å². The van der Waals surface area contributed by atoms with E-state index in [9.17, 15) is 4.79 Å². The van der Waals surface area contributed by atoms with Crippen molar-refractivity contribution in [3.05, 3.63) is 53.0 Å². The topological polar surface area (TPSA) is 62.1 Å². The van der Waals surface area contributed by atoms with E-state index in [4.69, 9.17) is 4.42 Å². The quantitative estimate of drug-likeness (QED) is 0.805. The van der Waals surface area contributed by atoms with Crippen LogP contribution in [0.5, 0.6) is 0 Å². The highest BCUT2D eigenvalue weighted by molar-refractivity contribution is 5.94. The van der Waals surface area contributed by atoms with Gasteiger partial charge >= 0.3 is 0 Å². The molecule has 1 aromatic carbocycles. The molecule has 2 aromatic heterocycles. The van der Waals surface area contributed by atoms with Crippen LogP contribution in [-0.2, 0) is 12.8 Å². The number of carbonyl (C=O) groups is 1. The largest absolute Gasteiger partial charge is 0.459 e. The van der Waals surface area contributed by atoms with Gasteiger partial charge in [-0.1, -0.05) is 18.2 Å². The van der Waals surface area contributed by atoms with Gasteiger partial charge in [-0.25, -0.2) is 0 Å². The van der Waals surface area contributed by atoms with E-state index in [1.807, 2.05) is 37.3 Å². The van der Waals surface area contributed by atoms with E-state index in [1.165, 1.54) is 0 Å². The highest BCUT2D eigenvalue weighted by Gasteiger charge is 2.28. The fourth-order valence-corrected chi connectivity index (χ4v) is 3.24. The van der Waals surface area contributed by atoms with Crippen molar-refractivity contribution in [2.24, 2.45) is 0 Å². The molecule has 5 nitrogen and oxygen atoms in total. The molecule has 0 saturated carbocycles. The van der Waals surface area contributed by atoms with Gasteiger partial charge in [0, 0.05) is 23.7 Å². The van der Waals surface area contributed by atoms with Crippen LogP contribution in [0.15, 0.2) is 34.7 Å². The molecule has 0 aliphatic heterocycles. The van der Waals surface area contributed by atoms with Gasteiger partial charge in [0.2, 0.25) is 0 Å². The number of hydrogen-bond donors (Lipinski definition) is 1. The van der Waals surface area contributed by atoms with Gasteiger partial charge in [0.15, 0.2) is 5.69 Å². The minimum absolute atomic E-state index is 0.0580. The molecule has 23 heavy (non-hydrogen) atoms. The number of rotatable bonds is 3. The summed E-state index contributed by atoms with van der Waals surface area (Å²) in [5, 5.41) is 8.28. The lowest BCUT2D eigenvalue weighted by Gasteiger charge is -2.22. The third-order valence-corrected chi connectivity index (χ3v) is 4.77. The molecule has 4 rings (SSSR count). The SMILES string of the molecule is CC(c1cc2ccccc2o1)N(C)C(=O)c1n[nH]c2c1CCC2. The van der Waals surface area contributed by atoms with Crippen molar-refractivity contribution in [2.45, 2.75) is 32.2 Å². The monoisotopic (exact) mass is 309 g/mol. The number of aromatic amines is 1. The predicted octanol–water partition coefficient (Wildman–Crippen LogP) is 3.48. The van der Waals surface area contributed by atoms with Crippen molar-refractivity contribution in [3.8, 4) is 0 Å². The summed E-state index contributed by atoms with van der Waals surface area (Å²) >= 11 is 0. The molecule has 1 N–H and O–H groups in total. The van der Waals surface area contributed by atoms with Crippen LogP contribution < -0.4 is 0 Å². The number of carbonyl (C=O) groups excluding carboxylic acids is 1. The summed E-state index contributed by atoms with van der Waals surface area (Å²) < 4.78 is 5.89. The summed E-state index contributed by atoms with van der Waals surface area (Å²) in [5.41, 5.74) is 3.59. The van der Waals surface area contributed by atoms with Gasteiger partial charge in [0.05, 0.1) is 6.04 Å². The van der Waals surface area contributed by atoms with Crippen molar-refractivity contribution in [3.63, 3.8) is 0 Å². The number of aryl methyl sites for hydroxylation is 1. The third-order valence-electron chi connectivity index (χ3n) is 4.77. The molecule has 0 spiro atoms. The highest BCUT2D eigenvalue weighted by Crippen LogP contribution is 2.29. The van der Waals surface area contributed by atoms with Crippen molar-refractivity contribution < 1.29 is 9.21 Å². The van der Waals surface area contributed by atoms with E-state index in [2.05, 4.69) is 10.2 Å². The van der Waals surface area contributed by atoms with Crippen LogP contribution in [0.4, 0.5) is 0 Å². The standard InChI is InChI=1S/C18H19N3O2/c1-11(16-10-12-6-3-4-9-15(12)23-16)21(2)18(22)17-13-7-5-8-14(13)19-20-17/h3-4,6,9-11H,5,7-8H2,1-2H3,(H,19,20). The first-order valence-electron chi connectivity index (χ1n) is 7.97. The fraction of sp³-hybridized carbons (Fsp3) is 0.333. The number of amides is 1. The Labute approximate surface area is 134 Å².